The Labute approximate surface area is 84.3 Å². The minimum atomic E-state index is -0.312. The first-order chi connectivity index (χ1) is 6.33. The molecule has 0 aliphatic rings. The molecule has 0 atom stereocenters. The summed E-state index contributed by atoms with van der Waals surface area (Å²) in [5.41, 5.74) is 7.35. The quantitative estimate of drug-likeness (QED) is 0.750. The van der Waals surface area contributed by atoms with Gasteiger partial charge in [0.05, 0.1) is 5.54 Å². The minimum absolute atomic E-state index is 0.00968. The molecule has 0 saturated heterocycles. The van der Waals surface area contributed by atoms with E-state index >= 15 is 0 Å². The number of nitrogens with zero attached hydrogens (tertiary/aromatic N) is 2. The van der Waals surface area contributed by atoms with Gasteiger partial charge in [-0.25, -0.2) is 4.79 Å². The van der Waals surface area contributed by atoms with Gasteiger partial charge >= 0.3 is 5.69 Å². The third kappa shape index (κ3) is 1.39. The average Bonchev–Trinajstić information content (AvgIpc) is 2.31. The molecule has 1 aromatic heterocycles. The smallest absolute Gasteiger partial charge is 0.328 e. The highest BCUT2D eigenvalue weighted by molar-refractivity contribution is 5.13. The van der Waals surface area contributed by atoms with Crippen LogP contribution in [-0.2, 0) is 12.6 Å². The lowest BCUT2D eigenvalue weighted by Gasteiger charge is -2.25. The van der Waals surface area contributed by atoms with E-state index in [0.717, 1.165) is 11.4 Å². The van der Waals surface area contributed by atoms with E-state index in [-0.39, 0.29) is 11.2 Å². The molecule has 4 heteroatoms. The fourth-order valence-corrected chi connectivity index (χ4v) is 1.65. The van der Waals surface area contributed by atoms with E-state index < -0.39 is 0 Å². The molecular formula is C10H19N3O. The van der Waals surface area contributed by atoms with Crippen molar-refractivity contribution < 1.29 is 0 Å². The second kappa shape index (κ2) is 3.28. The number of imidazole rings is 1. The Kier molecular flexibility index (Phi) is 2.58. The van der Waals surface area contributed by atoms with Crippen molar-refractivity contribution in [1.82, 2.24) is 9.13 Å². The molecule has 0 radical (unpaired) electrons. The molecule has 0 spiro atoms. The maximum absolute atomic E-state index is 11.9. The van der Waals surface area contributed by atoms with Crippen LogP contribution in [-0.4, -0.2) is 15.7 Å². The van der Waals surface area contributed by atoms with E-state index in [1.807, 2.05) is 27.7 Å². The molecule has 0 unspecified atom stereocenters. The fraction of sp³-hybridized carbons (Fsp3) is 0.700. The van der Waals surface area contributed by atoms with Crippen molar-refractivity contribution >= 4 is 0 Å². The van der Waals surface area contributed by atoms with Crippen molar-refractivity contribution in [1.29, 1.82) is 0 Å². The van der Waals surface area contributed by atoms with Gasteiger partial charge < -0.3 is 5.73 Å². The monoisotopic (exact) mass is 197 g/mol. The van der Waals surface area contributed by atoms with Gasteiger partial charge in [-0.1, -0.05) is 0 Å². The summed E-state index contributed by atoms with van der Waals surface area (Å²) in [6.45, 7) is 8.30. The average molecular weight is 197 g/mol. The second-order valence-corrected chi connectivity index (χ2v) is 4.36. The van der Waals surface area contributed by atoms with Crippen LogP contribution in [0.5, 0.6) is 0 Å². The first-order valence-electron chi connectivity index (χ1n) is 4.78. The maximum atomic E-state index is 11.9. The summed E-state index contributed by atoms with van der Waals surface area (Å²) in [4.78, 5) is 11.9. The Morgan fingerprint density at radius 2 is 1.79 bits per heavy atom. The highest BCUT2D eigenvalue weighted by atomic mass is 16.1. The topological polar surface area (TPSA) is 52.9 Å². The van der Waals surface area contributed by atoms with Crippen LogP contribution in [0.1, 0.15) is 25.2 Å². The molecule has 1 aromatic rings. The first-order valence-corrected chi connectivity index (χ1v) is 4.78. The third-order valence-corrected chi connectivity index (χ3v) is 2.95. The largest absolute Gasteiger partial charge is 0.328 e. The summed E-state index contributed by atoms with van der Waals surface area (Å²) < 4.78 is 3.43. The van der Waals surface area contributed by atoms with Gasteiger partial charge in [-0.3, -0.25) is 9.13 Å². The highest BCUT2D eigenvalue weighted by Crippen LogP contribution is 2.15. The predicted molar refractivity (Wildman–Crippen MR) is 57.5 cm³/mol. The summed E-state index contributed by atoms with van der Waals surface area (Å²) in [6, 6.07) is 0. The molecule has 4 nitrogen and oxygen atoms in total. The van der Waals surface area contributed by atoms with Gasteiger partial charge in [0, 0.05) is 25.0 Å². The third-order valence-electron chi connectivity index (χ3n) is 2.95. The highest BCUT2D eigenvalue weighted by Gasteiger charge is 2.24. The van der Waals surface area contributed by atoms with Crippen molar-refractivity contribution in [2.75, 3.05) is 6.54 Å². The molecule has 0 amide bonds. The van der Waals surface area contributed by atoms with Gasteiger partial charge in [0.15, 0.2) is 0 Å². The summed E-state index contributed by atoms with van der Waals surface area (Å²) >= 11 is 0. The Hall–Kier alpha value is -1.03. The van der Waals surface area contributed by atoms with E-state index in [2.05, 4.69) is 0 Å². The number of aromatic nitrogens is 2. The molecular weight excluding hydrogens is 178 g/mol. The Morgan fingerprint density at radius 3 is 2.07 bits per heavy atom. The Balaban J connectivity index is 3.51. The summed E-state index contributed by atoms with van der Waals surface area (Å²) in [5, 5.41) is 0. The van der Waals surface area contributed by atoms with Crippen LogP contribution in [0.4, 0.5) is 0 Å². The molecule has 1 heterocycles. The van der Waals surface area contributed by atoms with Gasteiger partial charge in [0.2, 0.25) is 0 Å². The SMILES string of the molecule is Cc1c(C)n(C(C)(C)CN)c(=O)n1C. The molecule has 0 fully saturated rings. The van der Waals surface area contributed by atoms with Crippen LogP contribution < -0.4 is 11.4 Å². The zero-order chi connectivity index (χ0) is 11.1. The number of hydrogen-bond donors (Lipinski definition) is 1. The lowest BCUT2D eigenvalue weighted by Crippen LogP contribution is -2.42. The first kappa shape index (κ1) is 11.0. The molecule has 2 N–H and O–H groups in total. The molecule has 0 saturated carbocycles. The van der Waals surface area contributed by atoms with E-state index in [1.165, 1.54) is 0 Å². The van der Waals surface area contributed by atoms with Crippen molar-refractivity contribution in [3.8, 4) is 0 Å². The molecule has 80 valence electrons. The van der Waals surface area contributed by atoms with Gasteiger partial charge in [-0.2, -0.15) is 0 Å². The van der Waals surface area contributed by atoms with Crippen LogP contribution in [0, 0.1) is 13.8 Å². The molecule has 14 heavy (non-hydrogen) atoms. The van der Waals surface area contributed by atoms with Crippen molar-refractivity contribution in [3.63, 3.8) is 0 Å². The summed E-state index contributed by atoms with van der Waals surface area (Å²) in [7, 11) is 1.79. The van der Waals surface area contributed by atoms with Crippen LogP contribution in [0.2, 0.25) is 0 Å². The van der Waals surface area contributed by atoms with E-state index in [4.69, 9.17) is 5.73 Å². The van der Waals surface area contributed by atoms with Gasteiger partial charge in [0.1, 0.15) is 0 Å². The van der Waals surface area contributed by atoms with Crippen molar-refractivity contribution in [2.45, 2.75) is 33.2 Å². The van der Waals surface area contributed by atoms with Crippen LogP contribution >= 0.6 is 0 Å². The maximum Gasteiger partial charge on any atom is 0.328 e. The fourth-order valence-electron chi connectivity index (χ4n) is 1.65. The number of nitrogens with two attached hydrogens (primary N) is 1. The Bertz CT molecular complexity index is 398. The van der Waals surface area contributed by atoms with Crippen molar-refractivity contribution in [3.05, 3.63) is 21.9 Å². The minimum Gasteiger partial charge on any atom is -0.328 e. The van der Waals surface area contributed by atoms with Crippen LogP contribution in [0.25, 0.3) is 0 Å². The van der Waals surface area contributed by atoms with Gasteiger partial charge in [0.25, 0.3) is 0 Å². The lowest BCUT2D eigenvalue weighted by atomic mass is 10.1. The van der Waals surface area contributed by atoms with Gasteiger partial charge in [-0.05, 0) is 27.7 Å². The molecule has 1 rings (SSSR count). The zero-order valence-corrected chi connectivity index (χ0v) is 9.59. The predicted octanol–water partition coefficient (Wildman–Crippen LogP) is 0.497. The second-order valence-electron chi connectivity index (χ2n) is 4.36. The van der Waals surface area contributed by atoms with E-state index in [9.17, 15) is 4.79 Å². The molecule has 0 bridgehead atoms. The van der Waals surface area contributed by atoms with E-state index in [1.54, 1.807) is 16.2 Å². The van der Waals surface area contributed by atoms with Gasteiger partial charge in [-0.15, -0.1) is 0 Å². The van der Waals surface area contributed by atoms with E-state index in [0.29, 0.717) is 6.54 Å². The normalized spacial score (nSPS) is 12.1. The number of hydrogen-bond acceptors (Lipinski definition) is 2. The van der Waals surface area contributed by atoms with Crippen molar-refractivity contribution in [2.24, 2.45) is 12.8 Å². The molecule has 0 aromatic carbocycles. The summed E-state index contributed by atoms with van der Waals surface area (Å²) in [6.07, 6.45) is 0. The molecule has 0 aliphatic heterocycles. The van der Waals surface area contributed by atoms with Crippen LogP contribution in [0.15, 0.2) is 4.79 Å². The Morgan fingerprint density at radius 1 is 1.29 bits per heavy atom. The zero-order valence-electron chi connectivity index (χ0n) is 9.59. The lowest BCUT2D eigenvalue weighted by molar-refractivity contribution is 0.347. The number of rotatable bonds is 2. The van der Waals surface area contributed by atoms with Crippen LogP contribution in [0.3, 0.4) is 0 Å². The molecule has 0 aliphatic carbocycles. The summed E-state index contributed by atoms with van der Waals surface area (Å²) in [5.74, 6) is 0. The standard InChI is InChI=1S/C10H19N3O/c1-7-8(2)13(9(14)12(7)5)10(3,4)6-11/h6,11H2,1-5H3.